The number of hydrogen-bond acceptors (Lipinski definition) is 3. The molecule has 1 aromatic heterocycles. The van der Waals surface area contributed by atoms with E-state index in [1.807, 2.05) is 16.8 Å². The van der Waals surface area contributed by atoms with E-state index in [4.69, 9.17) is 5.11 Å². The maximum absolute atomic E-state index is 12.4. The minimum atomic E-state index is -1.35. The van der Waals surface area contributed by atoms with Crippen LogP contribution < -0.4 is 0 Å². The van der Waals surface area contributed by atoms with Crippen molar-refractivity contribution >= 4 is 23.2 Å². The first-order valence-electron chi connectivity index (χ1n) is 5.98. The summed E-state index contributed by atoms with van der Waals surface area (Å²) in [5.74, 6) is -1.35. The Labute approximate surface area is 110 Å². The van der Waals surface area contributed by atoms with Gasteiger partial charge in [0.1, 0.15) is 5.41 Å². The Morgan fingerprint density at radius 1 is 1.50 bits per heavy atom. The van der Waals surface area contributed by atoms with Crippen molar-refractivity contribution in [2.75, 3.05) is 0 Å². The average Bonchev–Trinajstić information content (AvgIpc) is 3.02. The SMILES string of the molecule is CC(C)(C(=O)O)C(=O)N(Cc1ccsc1)C1CC1. The highest BCUT2D eigenvalue weighted by atomic mass is 32.1. The van der Waals surface area contributed by atoms with Crippen LogP contribution in [-0.4, -0.2) is 27.9 Å². The average molecular weight is 267 g/mol. The molecule has 1 saturated carbocycles. The van der Waals surface area contributed by atoms with Gasteiger partial charge in [-0.2, -0.15) is 11.3 Å². The summed E-state index contributed by atoms with van der Waals surface area (Å²) in [6, 6.07) is 2.19. The number of thiophene rings is 1. The van der Waals surface area contributed by atoms with E-state index in [2.05, 4.69) is 0 Å². The zero-order valence-electron chi connectivity index (χ0n) is 10.5. The van der Waals surface area contributed by atoms with E-state index in [0.717, 1.165) is 18.4 Å². The van der Waals surface area contributed by atoms with Crippen molar-refractivity contribution in [3.8, 4) is 0 Å². The summed E-state index contributed by atoms with van der Waals surface area (Å²) in [5, 5.41) is 13.1. The van der Waals surface area contributed by atoms with Gasteiger partial charge in [-0.25, -0.2) is 0 Å². The lowest BCUT2D eigenvalue weighted by molar-refractivity contribution is -0.158. The molecule has 0 spiro atoms. The highest BCUT2D eigenvalue weighted by Crippen LogP contribution is 2.33. The summed E-state index contributed by atoms with van der Waals surface area (Å²) in [7, 11) is 0. The number of carboxylic acid groups (broad SMARTS) is 1. The Morgan fingerprint density at radius 2 is 2.17 bits per heavy atom. The van der Waals surface area contributed by atoms with Gasteiger partial charge in [0.2, 0.25) is 5.91 Å². The van der Waals surface area contributed by atoms with Crippen LogP contribution in [0.3, 0.4) is 0 Å². The van der Waals surface area contributed by atoms with Crippen LogP contribution in [0, 0.1) is 5.41 Å². The molecule has 5 heteroatoms. The monoisotopic (exact) mass is 267 g/mol. The lowest BCUT2D eigenvalue weighted by Gasteiger charge is -2.29. The number of aliphatic carboxylic acids is 1. The first kappa shape index (κ1) is 13.1. The van der Waals surface area contributed by atoms with Crippen molar-refractivity contribution < 1.29 is 14.7 Å². The molecular formula is C13H17NO3S. The molecule has 98 valence electrons. The number of carbonyl (C=O) groups excluding carboxylic acids is 1. The van der Waals surface area contributed by atoms with Gasteiger partial charge in [0, 0.05) is 12.6 Å². The number of carbonyl (C=O) groups is 2. The van der Waals surface area contributed by atoms with E-state index in [1.54, 1.807) is 16.2 Å². The number of nitrogens with zero attached hydrogens (tertiary/aromatic N) is 1. The number of amides is 1. The molecule has 1 fully saturated rings. The molecule has 1 aromatic rings. The molecule has 0 unspecified atom stereocenters. The Kier molecular flexibility index (Phi) is 3.43. The second kappa shape index (κ2) is 4.72. The highest BCUT2D eigenvalue weighted by Gasteiger charge is 2.43. The van der Waals surface area contributed by atoms with Gasteiger partial charge < -0.3 is 10.0 Å². The normalized spacial score (nSPS) is 15.4. The van der Waals surface area contributed by atoms with Gasteiger partial charge in [0.05, 0.1) is 0 Å². The molecule has 0 saturated heterocycles. The summed E-state index contributed by atoms with van der Waals surface area (Å²) in [6.07, 6.45) is 1.96. The summed E-state index contributed by atoms with van der Waals surface area (Å²) < 4.78 is 0. The molecule has 1 aliphatic rings. The zero-order chi connectivity index (χ0) is 13.3. The fraction of sp³-hybridized carbons (Fsp3) is 0.538. The Morgan fingerprint density at radius 3 is 2.61 bits per heavy atom. The van der Waals surface area contributed by atoms with E-state index in [-0.39, 0.29) is 11.9 Å². The lowest BCUT2D eigenvalue weighted by Crippen LogP contribution is -2.45. The second-order valence-corrected chi connectivity index (χ2v) is 6.01. The fourth-order valence-corrected chi connectivity index (χ4v) is 2.44. The van der Waals surface area contributed by atoms with Crippen molar-refractivity contribution in [3.05, 3.63) is 22.4 Å². The predicted octanol–water partition coefficient (Wildman–Crippen LogP) is 2.35. The maximum Gasteiger partial charge on any atom is 0.318 e. The minimum Gasteiger partial charge on any atom is -0.480 e. The van der Waals surface area contributed by atoms with E-state index in [1.165, 1.54) is 13.8 Å². The molecule has 0 bridgehead atoms. The molecule has 0 aliphatic heterocycles. The molecule has 2 rings (SSSR count). The highest BCUT2D eigenvalue weighted by molar-refractivity contribution is 7.07. The fourth-order valence-electron chi connectivity index (χ4n) is 1.78. The lowest BCUT2D eigenvalue weighted by atomic mass is 9.91. The van der Waals surface area contributed by atoms with Crippen LogP contribution in [0.25, 0.3) is 0 Å². The smallest absolute Gasteiger partial charge is 0.318 e. The first-order chi connectivity index (χ1) is 8.43. The summed E-state index contributed by atoms with van der Waals surface area (Å²) in [5.41, 5.74) is -0.278. The quantitative estimate of drug-likeness (QED) is 0.833. The topological polar surface area (TPSA) is 57.6 Å². The zero-order valence-corrected chi connectivity index (χ0v) is 11.4. The minimum absolute atomic E-state index is 0.219. The van der Waals surface area contributed by atoms with Crippen LogP contribution in [0.4, 0.5) is 0 Å². The van der Waals surface area contributed by atoms with Crippen molar-refractivity contribution in [1.82, 2.24) is 4.90 Å². The summed E-state index contributed by atoms with van der Waals surface area (Å²) >= 11 is 1.58. The number of rotatable bonds is 5. The molecule has 0 radical (unpaired) electrons. The number of carboxylic acids is 1. The van der Waals surface area contributed by atoms with Gasteiger partial charge in [-0.15, -0.1) is 0 Å². The molecule has 1 heterocycles. The van der Waals surface area contributed by atoms with E-state index in [9.17, 15) is 9.59 Å². The van der Waals surface area contributed by atoms with Gasteiger partial charge in [-0.3, -0.25) is 9.59 Å². The second-order valence-electron chi connectivity index (χ2n) is 5.23. The third-order valence-electron chi connectivity index (χ3n) is 3.25. The molecule has 1 amide bonds. The standard InChI is InChI=1S/C13H17NO3S/c1-13(2,12(16)17)11(15)14(10-3-4-10)7-9-5-6-18-8-9/h5-6,8,10H,3-4,7H2,1-2H3,(H,16,17). The van der Waals surface area contributed by atoms with Gasteiger partial charge in [0.25, 0.3) is 0 Å². The Hall–Kier alpha value is -1.36. The molecule has 0 aromatic carbocycles. The summed E-state index contributed by atoms with van der Waals surface area (Å²) in [6.45, 7) is 3.46. The molecule has 18 heavy (non-hydrogen) atoms. The van der Waals surface area contributed by atoms with E-state index in [0.29, 0.717) is 6.54 Å². The van der Waals surface area contributed by atoms with E-state index >= 15 is 0 Å². The van der Waals surface area contributed by atoms with Crippen molar-refractivity contribution in [1.29, 1.82) is 0 Å². The van der Waals surface area contributed by atoms with Gasteiger partial charge in [0.15, 0.2) is 0 Å². The third kappa shape index (κ3) is 2.56. The van der Waals surface area contributed by atoms with Crippen LogP contribution in [-0.2, 0) is 16.1 Å². The van der Waals surface area contributed by atoms with Gasteiger partial charge in [-0.1, -0.05) is 0 Å². The first-order valence-corrected chi connectivity index (χ1v) is 6.92. The Bertz CT molecular complexity index is 449. The van der Waals surface area contributed by atoms with Crippen molar-refractivity contribution in [3.63, 3.8) is 0 Å². The van der Waals surface area contributed by atoms with Crippen LogP contribution in [0.2, 0.25) is 0 Å². The van der Waals surface area contributed by atoms with Gasteiger partial charge >= 0.3 is 5.97 Å². The van der Waals surface area contributed by atoms with E-state index < -0.39 is 11.4 Å². The van der Waals surface area contributed by atoms with Crippen LogP contribution in [0.15, 0.2) is 16.8 Å². The number of hydrogen-bond donors (Lipinski definition) is 1. The van der Waals surface area contributed by atoms with Crippen LogP contribution >= 0.6 is 11.3 Å². The largest absolute Gasteiger partial charge is 0.480 e. The molecule has 1 aliphatic carbocycles. The Balaban J connectivity index is 2.15. The van der Waals surface area contributed by atoms with Crippen LogP contribution in [0.1, 0.15) is 32.3 Å². The molecule has 0 atom stereocenters. The third-order valence-corrected chi connectivity index (χ3v) is 3.98. The van der Waals surface area contributed by atoms with Crippen LogP contribution in [0.5, 0.6) is 0 Å². The molecular weight excluding hydrogens is 250 g/mol. The van der Waals surface area contributed by atoms with Crippen molar-refractivity contribution in [2.24, 2.45) is 5.41 Å². The van der Waals surface area contributed by atoms with Gasteiger partial charge in [-0.05, 0) is 49.1 Å². The summed E-state index contributed by atoms with van der Waals surface area (Å²) in [4.78, 5) is 25.2. The molecule has 1 N–H and O–H groups in total. The predicted molar refractivity (Wildman–Crippen MR) is 69.3 cm³/mol. The maximum atomic E-state index is 12.4. The molecule has 4 nitrogen and oxygen atoms in total. The van der Waals surface area contributed by atoms with Crippen molar-refractivity contribution in [2.45, 2.75) is 39.3 Å².